The van der Waals surface area contributed by atoms with Crippen LogP contribution in [0.5, 0.6) is 0 Å². The molecule has 6 nitrogen and oxygen atoms in total. The SMILES string of the molecule is O=S(=O)(NCc1cc(-c2ccoc2)cs1)c1cccc2nsnc12. The van der Waals surface area contributed by atoms with Crippen LogP contribution in [0.4, 0.5) is 0 Å². The Balaban J connectivity index is 1.56. The van der Waals surface area contributed by atoms with E-state index >= 15 is 0 Å². The lowest BCUT2D eigenvalue weighted by Crippen LogP contribution is -2.23. The number of hydrogen-bond acceptors (Lipinski definition) is 7. The van der Waals surface area contributed by atoms with Gasteiger partial charge >= 0.3 is 0 Å². The molecule has 0 saturated heterocycles. The van der Waals surface area contributed by atoms with Crippen molar-refractivity contribution in [3.63, 3.8) is 0 Å². The zero-order chi connectivity index (χ0) is 16.6. The quantitative estimate of drug-likeness (QED) is 0.575. The van der Waals surface area contributed by atoms with Crippen LogP contribution in [-0.2, 0) is 16.6 Å². The van der Waals surface area contributed by atoms with Gasteiger partial charge in [0.2, 0.25) is 10.0 Å². The van der Waals surface area contributed by atoms with Gasteiger partial charge in [0.1, 0.15) is 15.9 Å². The largest absolute Gasteiger partial charge is 0.472 e. The monoisotopic (exact) mass is 377 g/mol. The number of aromatic nitrogens is 2. The third kappa shape index (κ3) is 2.86. The Labute approximate surface area is 146 Å². The molecular formula is C15H11N3O3S3. The molecule has 0 aliphatic rings. The van der Waals surface area contributed by atoms with Gasteiger partial charge in [-0.15, -0.1) is 11.3 Å². The minimum atomic E-state index is -3.66. The van der Waals surface area contributed by atoms with Crippen LogP contribution in [0.25, 0.3) is 22.2 Å². The molecule has 0 saturated carbocycles. The summed E-state index contributed by atoms with van der Waals surface area (Å²) in [7, 11) is -3.66. The van der Waals surface area contributed by atoms with Gasteiger partial charge in [-0.05, 0) is 35.2 Å². The summed E-state index contributed by atoms with van der Waals surface area (Å²) in [5.41, 5.74) is 2.97. The average molecular weight is 377 g/mol. The lowest BCUT2D eigenvalue weighted by molar-refractivity contribution is 0.568. The molecule has 122 valence electrons. The van der Waals surface area contributed by atoms with Crippen molar-refractivity contribution >= 4 is 44.1 Å². The maximum Gasteiger partial charge on any atom is 0.243 e. The van der Waals surface area contributed by atoms with Crippen molar-refractivity contribution in [1.29, 1.82) is 0 Å². The second-order valence-electron chi connectivity index (χ2n) is 5.03. The van der Waals surface area contributed by atoms with Gasteiger partial charge in [0.25, 0.3) is 0 Å². The van der Waals surface area contributed by atoms with E-state index in [1.54, 1.807) is 24.7 Å². The van der Waals surface area contributed by atoms with Gasteiger partial charge in [-0.1, -0.05) is 6.07 Å². The molecule has 4 rings (SSSR count). The van der Waals surface area contributed by atoms with E-state index in [4.69, 9.17) is 4.42 Å². The van der Waals surface area contributed by atoms with Gasteiger partial charge in [-0.25, -0.2) is 13.1 Å². The molecule has 0 aliphatic carbocycles. The standard InChI is InChI=1S/C15H11N3O3S3/c19-24(20,14-3-1-2-13-15(14)18-23-17-13)16-7-12-6-11(9-22-12)10-4-5-21-8-10/h1-6,8-9,16H,7H2. The number of hydrogen-bond donors (Lipinski definition) is 1. The van der Waals surface area contributed by atoms with Crippen LogP contribution in [-0.4, -0.2) is 17.2 Å². The van der Waals surface area contributed by atoms with E-state index in [1.165, 1.54) is 17.4 Å². The molecule has 9 heteroatoms. The average Bonchev–Trinajstić information content (AvgIpc) is 3.32. The first-order chi connectivity index (χ1) is 11.6. The van der Waals surface area contributed by atoms with Crippen molar-refractivity contribution in [2.45, 2.75) is 11.4 Å². The summed E-state index contributed by atoms with van der Waals surface area (Å²) < 4.78 is 41.0. The summed E-state index contributed by atoms with van der Waals surface area (Å²) in [5.74, 6) is 0. The molecule has 4 aromatic rings. The van der Waals surface area contributed by atoms with Crippen LogP contribution in [0.3, 0.4) is 0 Å². The summed E-state index contributed by atoms with van der Waals surface area (Å²) in [6.45, 7) is 0.221. The molecule has 3 heterocycles. The van der Waals surface area contributed by atoms with Crippen LogP contribution in [0.15, 0.2) is 57.6 Å². The molecular weight excluding hydrogens is 366 g/mol. The fourth-order valence-corrected chi connectivity index (χ4v) is 4.99. The van der Waals surface area contributed by atoms with Crippen molar-refractivity contribution in [3.8, 4) is 11.1 Å². The number of benzene rings is 1. The molecule has 0 atom stereocenters. The first kappa shape index (κ1) is 15.5. The third-order valence-electron chi connectivity index (χ3n) is 3.48. The highest BCUT2D eigenvalue weighted by molar-refractivity contribution is 7.89. The number of furan rings is 1. The number of rotatable bonds is 5. The summed E-state index contributed by atoms with van der Waals surface area (Å²) in [4.78, 5) is 1.07. The summed E-state index contributed by atoms with van der Waals surface area (Å²) in [5, 5.41) is 1.97. The minimum absolute atomic E-state index is 0.153. The van der Waals surface area contributed by atoms with Crippen molar-refractivity contribution in [1.82, 2.24) is 13.5 Å². The van der Waals surface area contributed by atoms with Crippen molar-refractivity contribution in [2.24, 2.45) is 0 Å². The molecule has 1 N–H and O–H groups in total. The number of nitrogens with zero attached hydrogens (tertiary/aromatic N) is 2. The predicted molar refractivity (Wildman–Crippen MR) is 93.5 cm³/mol. The first-order valence-corrected chi connectivity index (χ1v) is 10.0. The Morgan fingerprint density at radius 1 is 1.17 bits per heavy atom. The zero-order valence-electron chi connectivity index (χ0n) is 12.2. The van der Waals surface area contributed by atoms with E-state index in [9.17, 15) is 8.42 Å². The molecule has 24 heavy (non-hydrogen) atoms. The first-order valence-electron chi connectivity index (χ1n) is 6.94. The molecule has 0 amide bonds. The lowest BCUT2D eigenvalue weighted by atomic mass is 10.2. The summed E-state index contributed by atoms with van der Waals surface area (Å²) in [6.07, 6.45) is 3.27. The Morgan fingerprint density at radius 3 is 2.92 bits per heavy atom. The second kappa shape index (κ2) is 6.10. The van der Waals surface area contributed by atoms with Gasteiger partial charge in [0, 0.05) is 17.0 Å². The second-order valence-corrected chi connectivity index (χ2v) is 8.29. The van der Waals surface area contributed by atoms with E-state index in [0.29, 0.717) is 11.0 Å². The van der Waals surface area contributed by atoms with E-state index < -0.39 is 10.0 Å². The normalized spacial score (nSPS) is 12.0. The third-order valence-corrected chi connectivity index (χ3v) is 6.40. The number of nitrogens with one attached hydrogen (secondary N) is 1. The highest BCUT2D eigenvalue weighted by Gasteiger charge is 2.19. The molecule has 0 fully saturated rings. The van der Waals surface area contributed by atoms with E-state index in [2.05, 4.69) is 13.5 Å². The number of thiophene rings is 1. The van der Waals surface area contributed by atoms with Gasteiger partial charge in [-0.3, -0.25) is 0 Å². The predicted octanol–water partition coefficient (Wildman–Crippen LogP) is 3.49. The molecule has 0 radical (unpaired) electrons. The number of fused-ring (bicyclic) bond motifs is 1. The van der Waals surface area contributed by atoms with Crippen LogP contribution in [0, 0.1) is 0 Å². The Bertz CT molecular complexity index is 1080. The van der Waals surface area contributed by atoms with Crippen molar-refractivity contribution in [3.05, 3.63) is 53.1 Å². The van der Waals surface area contributed by atoms with Crippen LogP contribution >= 0.6 is 23.1 Å². The van der Waals surface area contributed by atoms with Gasteiger partial charge in [0.15, 0.2) is 0 Å². The van der Waals surface area contributed by atoms with Crippen LogP contribution in [0.1, 0.15) is 4.88 Å². The Hall–Kier alpha value is -2.07. The van der Waals surface area contributed by atoms with Crippen LogP contribution < -0.4 is 4.72 Å². The molecule has 3 aromatic heterocycles. The topological polar surface area (TPSA) is 85.1 Å². The lowest BCUT2D eigenvalue weighted by Gasteiger charge is -2.05. The van der Waals surface area contributed by atoms with E-state index in [1.807, 2.05) is 17.5 Å². The fraction of sp³-hybridized carbons (Fsp3) is 0.0667. The zero-order valence-corrected chi connectivity index (χ0v) is 14.6. The molecule has 0 unspecified atom stereocenters. The maximum atomic E-state index is 12.6. The Morgan fingerprint density at radius 2 is 2.08 bits per heavy atom. The highest BCUT2D eigenvalue weighted by atomic mass is 32.2. The van der Waals surface area contributed by atoms with Gasteiger partial charge in [-0.2, -0.15) is 8.75 Å². The maximum absolute atomic E-state index is 12.6. The van der Waals surface area contributed by atoms with E-state index in [0.717, 1.165) is 27.7 Å². The van der Waals surface area contributed by atoms with Crippen molar-refractivity contribution < 1.29 is 12.8 Å². The molecule has 0 spiro atoms. The molecule has 0 bridgehead atoms. The highest BCUT2D eigenvalue weighted by Crippen LogP contribution is 2.26. The minimum Gasteiger partial charge on any atom is -0.472 e. The summed E-state index contributed by atoms with van der Waals surface area (Å²) in [6, 6.07) is 8.76. The van der Waals surface area contributed by atoms with Gasteiger partial charge in [0.05, 0.1) is 24.3 Å². The molecule has 0 aliphatic heterocycles. The van der Waals surface area contributed by atoms with E-state index in [-0.39, 0.29) is 11.4 Å². The Kier molecular flexibility index (Phi) is 3.93. The molecule has 1 aromatic carbocycles. The number of sulfonamides is 1. The van der Waals surface area contributed by atoms with Crippen molar-refractivity contribution in [2.75, 3.05) is 0 Å². The summed E-state index contributed by atoms with van der Waals surface area (Å²) >= 11 is 2.49. The van der Waals surface area contributed by atoms with Crippen LogP contribution in [0.2, 0.25) is 0 Å². The fourth-order valence-electron chi connectivity index (χ4n) is 2.30. The van der Waals surface area contributed by atoms with Gasteiger partial charge < -0.3 is 4.42 Å². The smallest absolute Gasteiger partial charge is 0.243 e.